The second kappa shape index (κ2) is 10.0. The molecule has 31 heavy (non-hydrogen) atoms. The topological polar surface area (TPSA) is 97.0 Å². The van der Waals surface area contributed by atoms with Gasteiger partial charge in [-0.1, -0.05) is 51.1 Å². The lowest BCUT2D eigenvalue weighted by Crippen LogP contribution is -2.54. The molecule has 2 atom stereocenters. The third-order valence-corrected chi connectivity index (χ3v) is 4.81. The van der Waals surface area contributed by atoms with Gasteiger partial charge in [0.2, 0.25) is 5.91 Å². The summed E-state index contributed by atoms with van der Waals surface area (Å²) in [4.78, 5) is 39.2. The largest absolute Gasteiger partial charge is 0.445 e. The van der Waals surface area contributed by atoms with Crippen LogP contribution in [0.3, 0.4) is 0 Å². The Hall–Kier alpha value is -2.77. The summed E-state index contributed by atoms with van der Waals surface area (Å²) in [7, 11) is 0. The Morgan fingerprint density at radius 1 is 1.06 bits per heavy atom. The predicted octanol–water partition coefficient (Wildman–Crippen LogP) is 3.45. The normalized spacial score (nSPS) is 17.6. The van der Waals surface area contributed by atoms with Crippen molar-refractivity contribution in [2.24, 2.45) is 5.41 Å². The molecule has 8 heteroatoms. The molecule has 172 valence electrons. The van der Waals surface area contributed by atoms with Crippen LogP contribution in [0, 0.1) is 5.41 Å². The lowest BCUT2D eigenvalue weighted by molar-refractivity contribution is -0.135. The third-order valence-electron chi connectivity index (χ3n) is 4.81. The molecule has 1 aromatic rings. The minimum Gasteiger partial charge on any atom is -0.445 e. The maximum Gasteiger partial charge on any atom is 0.408 e. The van der Waals surface area contributed by atoms with Crippen LogP contribution in [0.2, 0.25) is 0 Å². The van der Waals surface area contributed by atoms with Crippen molar-refractivity contribution in [1.82, 2.24) is 15.5 Å². The Kier molecular flexibility index (Phi) is 7.92. The third kappa shape index (κ3) is 8.11. The number of ether oxygens (including phenoxy) is 2. The first-order valence-corrected chi connectivity index (χ1v) is 10.6. The van der Waals surface area contributed by atoms with Crippen molar-refractivity contribution in [3.63, 3.8) is 0 Å². The van der Waals surface area contributed by atoms with E-state index in [0.717, 1.165) is 5.56 Å². The van der Waals surface area contributed by atoms with Gasteiger partial charge in [0.1, 0.15) is 18.2 Å². The second-order valence-corrected chi connectivity index (χ2v) is 9.92. The molecule has 0 aromatic heterocycles. The van der Waals surface area contributed by atoms with E-state index < -0.39 is 29.2 Å². The van der Waals surface area contributed by atoms with Gasteiger partial charge in [0, 0.05) is 13.1 Å². The van der Waals surface area contributed by atoms with Gasteiger partial charge in [-0.2, -0.15) is 0 Å². The number of hydrogen-bond donors (Lipinski definition) is 2. The molecule has 1 aliphatic heterocycles. The number of benzene rings is 1. The van der Waals surface area contributed by atoms with Gasteiger partial charge in [-0.25, -0.2) is 9.59 Å². The summed E-state index contributed by atoms with van der Waals surface area (Å²) < 4.78 is 10.6. The maximum absolute atomic E-state index is 13.2. The van der Waals surface area contributed by atoms with E-state index in [0.29, 0.717) is 19.5 Å². The van der Waals surface area contributed by atoms with Crippen LogP contribution in [0.4, 0.5) is 9.59 Å². The van der Waals surface area contributed by atoms with E-state index >= 15 is 0 Å². The van der Waals surface area contributed by atoms with Crippen LogP contribution < -0.4 is 10.6 Å². The van der Waals surface area contributed by atoms with Crippen molar-refractivity contribution in [1.29, 1.82) is 0 Å². The highest BCUT2D eigenvalue weighted by atomic mass is 16.6. The Morgan fingerprint density at radius 2 is 1.71 bits per heavy atom. The standard InChI is InChI=1S/C23H35N3O5/c1-22(2,3)18(25-20(28)30-15-16-10-8-7-9-11-16)19(27)26-13-12-17(14-26)24-21(29)31-23(4,5)6/h7-11,17-18H,12-15H2,1-6H3,(H,24,29)(H,25,28). The Labute approximate surface area is 184 Å². The molecule has 0 aliphatic carbocycles. The van der Waals surface area contributed by atoms with Crippen molar-refractivity contribution in [3.8, 4) is 0 Å². The number of rotatable bonds is 5. The average molecular weight is 434 g/mol. The molecule has 8 nitrogen and oxygen atoms in total. The van der Waals surface area contributed by atoms with Gasteiger partial charge in [-0.05, 0) is 38.2 Å². The summed E-state index contributed by atoms with van der Waals surface area (Å²) in [5.74, 6) is -0.197. The smallest absolute Gasteiger partial charge is 0.408 e. The fourth-order valence-corrected chi connectivity index (χ4v) is 3.27. The summed E-state index contributed by atoms with van der Waals surface area (Å²) in [6.07, 6.45) is -0.512. The van der Waals surface area contributed by atoms with E-state index in [-0.39, 0.29) is 18.6 Å². The van der Waals surface area contributed by atoms with E-state index in [4.69, 9.17) is 9.47 Å². The van der Waals surface area contributed by atoms with Crippen LogP contribution >= 0.6 is 0 Å². The number of carbonyl (C=O) groups is 3. The van der Waals surface area contributed by atoms with E-state index in [9.17, 15) is 14.4 Å². The molecular formula is C23H35N3O5. The van der Waals surface area contributed by atoms with Crippen LogP contribution in [0.5, 0.6) is 0 Å². The molecule has 0 radical (unpaired) electrons. The lowest BCUT2D eigenvalue weighted by Gasteiger charge is -2.33. The molecule has 1 fully saturated rings. The van der Waals surface area contributed by atoms with Gasteiger partial charge in [0.15, 0.2) is 0 Å². The van der Waals surface area contributed by atoms with Crippen molar-refractivity contribution in [3.05, 3.63) is 35.9 Å². The highest BCUT2D eigenvalue weighted by Crippen LogP contribution is 2.23. The maximum atomic E-state index is 13.2. The van der Waals surface area contributed by atoms with Crippen LogP contribution in [0.25, 0.3) is 0 Å². The van der Waals surface area contributed by atoms with Crippen LogP contribution in [-0.4, -0.2) is 53.8 Å². The number of amides is 3. The van der Waals surface area contributed by atoms with Crippen LogP contribution in [0.15, 0.2) is 30.3 Å². The number of carbonyl (C=O) groups excluding carboxylic acids is 3. The Morgan fingerprint density at radius 3 is 2.29 bits per heavy atom. The summed E-state index contributed by atoms with van der Waals surface area (Å²) in [6, 6.07) is 8.41. The minimum absolute atomic E-state index is 0.128. The predicted molar refractivity (Wildman–Crippen MR) is 117 cm³/mol. The highest BCUT2D eigenvalue weighted by molar-refractivity contribution is 5.86. The number of nitrogens with zero attached hydrogens (tertiary/aromatic N) is 1. The van der Waals surface area contributed by atoms with Gasteiger partial charge in [-0.3, -0.25) is 4.79 Å². The van der Waals surface area contributed by atoms with Gasteiger partial charge in [0.05, 0.1) is 6.04 Å². The quantitative estimate of drug-likeness (QED) is 0.741. The molecular weight excluding hydrogens is 398 g/mol. The van der Waals surface area contributed by atoms with Crippen LogP contribution in [0.1, 0.15) is 53.5 Å². The molecule has 1 aliphatic rings. The zero-order chi connectivity index (χ0) is 23.2. The first kappa shape index (κ1) is 24.5. The zero-order valence-corrected chi connectivity index (χ0v) is 19.4. The summed E-state index contributed by atoms with van der Waals surface area (Å²) in [5, 5.41) is 5.54. The first-order chi connectivity index (χ1) is 14.3. The lowest BCUT2D eigenvalue weighted by atomic mass is 9.86. The molecule has 1 heterocycles. The van der Waals surface area contributed by atoms with Crippen LogP contribution in [-0.2, 0) is 20.9 Å². The van der Waals surface area contributed by atoms with Crippen molar-refractivity contribution >= 4 is 18.1 Å². The molecule has 1 saturated heterocycles. The summed E-state index contributed by atoms with van der Waals surface area (Å²) in [5.41, 5.74) is -0.231. The summed E-state index contributed by atoms with van der Waals surface area (Å²) in [6.45, 7) is 12.1. The van der Waals surface area contributed by atoms with Crippen molar-refractivity contribution in [2.45, 2.75) is 72.3 Å². The fraction of sp³-hybridized carbons (Fsp3) is 0.609. The molecule has 2 N–H and O–H groups in total. The monoisotopic (exact) mass is 433 g/mol. The van der Waals surface area contributed by atoms with Crippen molar-refractivity contribution in [2.75, 3.05) is 13.1 Å². The number of nitrogens with one attached hydrogen (secondary N) is 2. The average Bonchev–Trinajstić information content (AvgIpc) is 3.10. The Balaban J connectivity index is 1.92. The van der Waals surface area contributed by atoms with Gasteiger partial charge in [-0.15, -0.1) is 0 Å². The second-order valence-electron chi connectivity index (χ2n) is 9.92. The van der Waals surface area contributed by atoms with Crippen molar-refractivity contribution < 1.29 is 23.9 Å². The molecule has 0 bridgehead atoms. The molecule has 0 saturated carbocycles. The highest BCUT2D eigenvalue weighted by Gasteiger charge is 2.39. The zero-order valence-electron chi connectivity index (χ0n) is 19.4. The number of hydrogen-bond acceptors (Lipinski definition) is 5. The number of alkyl carbamates (subject to hydrolysis) is 2. The van der Waals surface area contributed by atoms with E-state index in [2.05, 4.69) is 10.6 Å². The SMILES string of the molecule is CC(C)(C)OC(=O)NC1CCN(C(=O)C(NC(=O)OCc2ccccc2)C(C)(C)C)C1. The molecule has 2 unspecified atom stereocenters. The minimum atomic E-state index is -0.754. The number of likely N-dealkylation sites (tertiary alicyclic amines) is 1. The molecule has 3 amide bonds. The molecule has 1 aromatic carbocycles. The van der Waals surface area contributed by atoms with Gasteiger partial charge in [0.25, 0.3) is 0 Å². The van der Waals surface area contributed by atoms with Gasteiger partial charge >= 0.3 is 12.2 Å². The Bertz CT molecular complexity index is 768. The first-order valence-electron chi connectivity index (χ1n) is 10.6. The van der Waals surface area contributed by atoms with E-state index in [1.807, 2.05) is 51.1 Å². The van der Waals surface area contributed by atoms with E-state index in [1.54, 1.807) is 25.7 Å². The summed E-state index contributed by atoms with van der Waals surface area (Å²) >= 11 is 0. The van der Waals surface area contributed by atoms with Gasteiger partial charge < -0.3 is 25.0 Å². The van der Waals surface area contributed by atoms with E-state index in [1.165, 1.54) is 0 Å². The fourth-order valence-electron chi connectivity index (χ4n) is 3.27. The molecule has 2 rings (SSSR count). The molecule has 0 spiro atoms.